The number of carbonyl (C=O) groups is 2. The molecule has 0 radical (unpaired) electrons. The molecule has 0 aromatic carbocycles. The van der Waals surface area contributed by atoms with Crippen molar-refractivity contribution in [3.63, 3.8) is 0 Å². The first kappa shape index (κ1) is 29.1. The Balaban J connectivity index is 0. The summed E-state index contributed by atoms with van der Waals surface area (Å²) in [4.78, 5) is 23.4. The molecule has 0 aromatic rings. The third-order valence-electron chi connectivity index (χ3n) is 5.48. The van der Waals surface area contributed by atoms with E-state index in [1.807, 2.05) is 0 Å². The second-order valence-electron chi connectivity index (χ2n) is 7.79. The van der Waals surface area contributed by atoms with Gasteiger partial charge in [0.2, 0.25) is 0 Å². The predicted octanol–water partition coefficient (Wildman–Crippen LogP) is 6.17. The minimum atomic E-state index is -1.58. The summed E-state index contributed by atoms with van der Waals surface area (Å²) in [5, 5.41) is 19.1. The second-order valence-corrected chi connectivity index (χ2v) is 7.79. The maximum atomic E-state index is 11.7. The summed E-state index contributed by atoms with van der Waals surface area (Å²) < 4.78 is 0. The third-order valence-corrected chi connectivity index (χ3v) is 5.48. The van der Waals surface area contributed by atoms with E-state index in [4.69, 9.17) is 0 Å². The van der Waals surface area contributed by atoms with Crippen LogP contribution in [-0.2, 0) is 9.59 Å². The van der Waals surface area contributed by atoms with Crippen molar-refractivity contribution >= 4 is 41.5 Å². The van der Waals surface area contributed by atoms with Gasteiger partial charge >= 0.3 is 41.5 Å². The zero-order valence-electron chi connectivity index (χ0n) is 17.2. The van der Waals surface area contributed by atoms with Crippen molar-refractivity contribution in [3.8, 4) is 0 Å². The Bertz CT molecular complexity index is 357. The van der Waals surface area contributed by atoms with E-state index in [0.717, 1.165) is 38.5 Å². The fraction of sp³-hybridized carbons (Fsp3) is 0.909. The summed E-state index contributed by atoms with van der Waals surface area (Å²) in [5.41, 5.74) is -1.58. The number of rotatable bonds is 19. The molecule has 0 aromatic heterocycles. The minimum absolute atomic E-state index is 0. The van der Waals surface area contributed by atoms with Crippen LogP contribution >= 0.6 is 0 Å². The molecule has 0 unspecified atom stereocenters. The molecule has 27 heavy (non-hydrogen) atoms. The third kappa shape index (κ3) is 13.7. The van der Waals surface area contributed by atoms with Crippen molar-refractivity contribution in [3.05, 3.63) is 0 Å². The molecule has 0 aliphatic carbocycles. The molecule has 0 fully saturated rings. The van der Waals surface area contributed by atoms with E-state index in [9.17, 15) is 19.8 Å². The van der Waals surface area contributed by atoms with E-state index < -0.39 is 17.4 Å². The van der Waals surface area contributed by atoms with Gasteiger partial charge in [-0.2, -0.15) is 0 Å². The molecular formula is C22H43NaO4. The predicted molar refractivity (Wildman–Crippen MR) is 115 cm³/mol. The molecule has 156 valence electrons. The molecule has 4 nitrogen and oxygen atoms in total. The molecule has 0 spiro atoms. The normalized spacial score (nSPS) is 11.2. The fourth-order valence-corrected chi connectivity index (χ4v) is 3.59. The Morgan fingerprint density at radius 2 is 0.815 bits per heavy atom. The molecule has 5 heteroatoms. The summed E-state index contributed by atoms with van der Waals surface area (Å²) in [6.45, 7) is 4.35. The van der Waals surface area contributed by atoms with Crippen LogP contribution < -0.4 is 0 Å². The standard InChI is InChI=1S/C22H42O4.Na.H/c1-3-5-7-9-10-11-12-13-15-17-19-22(20(23)24,21(25)26)18-16-14-8-6-4-2;;/h3-19H2,1-2H3,(H,23,24)(H,25,26);;. The van der Waals surface area contributed by atoms with Crippen LogP contribution in [0.2, 0.25) is 0 Å². The van der Waals surface area contributed by atoms with Gasteiger partial charge in [-0.1, -0.05) is 110 Å². The van der Waals surface area contributed by atoms with Gasteiger partial charge < -0.3 is 10.2 Å². The summed E-state index contributed by atoms with van der Waals surface area (Å²) in [7, 11) is 0. The van der Waals surface area contributed by atoms with Crippen LogP contribution in [0.15, 0.2) is 0 Å². The Hall–Kier alpha value is -0.0600. The van der Waals surface area contributed by atoms with Crippen LogP contribution in [0.1, 0.15) is 123 Å². The van der Waals surface area contributed by atoms with Crippen LogP contribution in [0.25, 0.3) is 0 Å². The van der Waals surface area contributed by atoms with Crippen molar-refractivity contribution < 1.29 is 19.8 Å². The fourth-order valence-electron chi connectivity index (χ4n) is 3.59. The molecule has 0 saturated carbocycles. The first-order valence-electron chi connectivity index (χ1n) is 11.0. The molecule has 0 amide bonds. The average molecular weight is 395 g/mol. The summed E-state index contributed by atoms with van der Waals surface area (Å²) in [6.07, 6.45) is 17.1. The number of hydrogen-bond acceptors (Lipinski definition) is 2. The average Bonchev–Trinajstić information content (AvgIpc) is 2.60. The number of carboxylic acids is 2. The summed E-state index contributed by atoms with van der Waals surface area (Å²) >= 11 is 0. The van der Waals surface area contributed by atoms with Crippen LogP contribution in [0.3, 0.4) is 0 Å². The first-order chi connectivity index (χ1) is 12.5. The molecule has 2 N–H and O–H groups in total. The van der Waals surface area contributed by atoms with Gasteiger partial charge in [-0.05, 0) is 12.8 Å². The van der Waals surface area contributed by atoms with Gasteiger partial charge in [-0.3, -0.25) is 9.59 Å². The van der Waals surface area contributed by atoms with Crippen molar-refractivity contribution in [2.24, 2.45) is 5.41 Å². The Labute approximate surface area is 189 Å². The molecule has 0 saturated heterocycles. The number of hydrogen-bond donors (Lipinski definition) is 2. The molecule has 0 rings (SSSR count). The van der Waals surface area contributed by atoms with E-state index in [2.05, 4.69) is 13.8 Å². The summed E-state index contributed by atoms with van der Waals surface area (Å²) in [6, 6.07) is 0. The van der Waals surface area contributed by atoms with E-state index in [1.54, 1.807) is 0 Å². The number of carboxylic acid groups (broad SMARTS) is 2. The van der Waals surface area contributed by atoms with Crippen LogP contribution in [0.4, 0.5) is 0 Å². The van der Waals surface area contributed by atoms with Crippen molar-refractivity contribution in [2.45, 2.75) is 123 Å². The maximum absolute atomic E-state index is 11.7. The quantitative estimate of drug-likeness (QED) is 0.156. The molecule has 0 aliphatic heterocycles. The molecule has 0 aliphatic rings. The van der Waals surface area contributed by atoms with Crippen molar-refractivity contribution in [2.75, 3.05) is 0 Å². The van der Waals surface area contributed by atoms with Gasteiger partial charge in [0.05, 0.1) is 0 Å². The van der Waals surface area contributed by atoms with Crippen LogP contribution in [0, 0.1) is 5.41 Å². The number of unbranched alkanes of at least 4 members (excludes halogenated alkanes) is 13. The van der Waals surface area contributed by atoms with Gasteiger partial charge in [-0.25, -0.2) is 0 Å². The SMILES string of the molecule is CCCCCCCCCCCCC(CCCCCCC)(C(=O)O)C(=O)O.[NaH]. The van der Waals surface area contributed by atoms with Gasteiger partial charge in [-0.15, -0.1) is 0 Å². The van der Waals surface area contributed by atoms with Crippen LogP contribution in [0.5, 0.6) is 0 Å². The topological polar surface area (TPSA) is 74.6 Å². The Morgan fingerprint density at radius 3 is 1.07 bits per heavy atom. The van der Waals surface area contributed by atoms with E-state index in [-0.39, 0.29) is 42.4 Å². The van der Waals surface area contributed by atoms with Gasteiger partial charge in [0.15, 0.2) is 5.41 Å². The van der Waals surface area contributed by atoms with E-state index in [0.29, 0.717) is 12.8 Å². The molecule has 0 heterocycles. The Morgan fingerprint density at radius 1 is 0.556 bits per heavy atom. The van der Waals surface area contributed by atoms with Crippen molar-refractivity contribution in [1.29, 1.82) is 0 Å². The van der Waals surface area contributed by atoms with Gasteiger partial charge in [0.25, 0.3) is 0 Å². The molecule has 0 atom stereocenters. The Kier molecular flexibility index (Phi) is 20.8. The summed E-state index contributed by atoms with van der Waals surface area (Å²) in [5.74, 6) is -2.31. The van der Waals surface area contributed by atoms with Crippen LogP contribution in [-0.4, -0.2) is 51.7 Å². The van der Waals surface area contributed by atoms with E-state index in [1.165, 1.54) is 44.9 Å². The zero-order valence-corrected chi connectivity index (χ0v) is 17.2. The monoisotopic (exact) mass is 394 g/mol. The van der Waals surface area contributed by atoms with Crippen molar-refractivity contribution in [1.82, 2.24) is 0 Å². The molecular weight excluding hydrogens is 351 g/mol. The van der Waals surface area contributed by atoms with Gasteiger partial charge in [0, 0.05) is 0 Å². The van der Waals surface area contributed by atoms with Gasteiger partial charge in [0.1, 0.15) is 0 Å². The first-order valence-corrected chi connectivity index (χ1v) is 11.0. The zero-order chi connectivity index (χ0) is 19.7. The second kappa shape index (κ2) is 19.3. The molecule has 0 bridgehead atoms. The van der Waals surface area contributed by atoms with E-state index >= 15 is 0 Å². The number of aliphatic carboxylic acids is 2.